The first-order valence-electron chi connectivity index (χ1n) is 9.07. The Morgan fingerprint density at radius 3 is 2.48 bits per heavy atom. The second-order valence-electron chi connectivity index (χ2n) is 7.48. The fourth-order valence-corrected chi connectivity index (χ4v) is 6.85. The summed E-state index contributed by atoms with van der Waals surface area (Å²) in [6.07, 6.45) is 5.16. The Kier molecular flexibility index (Phi) is 6.25. The number of unbranched alkanes of at least 4 members (excludes halogenated alkanes) is 1. The summed E-state index contributed by atoms with van der Waals surface area (Å²) in [6, 6.07) is 2.27. The molecule has 2 N–H and O–H groups in total. The van der Waals surface area contributed by atoms with Crippen LogP contribution in [-0.4, -0.2) is 33.0 Å². The van der Waals surface area contributed by atoms with Crippen LogP contribution in [0.4, 0.5) is 0 Å². The summed E-state index contributed by atoms with van der Waals surface area (Å²) in [5.74, 6) is 0.912. The molecule has 3 fully saturated rings. The first-order valence-corrected chi connectivity index (χ1v) is 12.1. The third-order valence-electron chi connectivity index (χ3n) is 5.38. The molecule has 9 heteroatoms. The van der Waals surface area contributed by atoms with E-state index in [0.717, 1.165) is 38.0 Å². The molecule has 1 aromatic carbocycles. The summed E-state index contributed by atoms with van der Waals surface area (Å²) in [5.41, 5.74) is -0.0843. The number of hydrogen-bond donors (Lipinski definition) is 2. The van der Waals surface area contributed by atoms with Crippen molar-refractivity contribution >= 4 is 47.8 Å². The van der Waals surface area contributed by atoms with Gasteiger partial charge in [-0.1, -0.05) is 19.8 Å². The lowest BCUT2D eigenvalue weighted by molar-refractivity contribution is -0.134. The lowest BCUT2D eigenvalue weighted by Crippen LogP contribution is -2.70. The van der Waals surface area contributed by atoms with Crippen LogP contribution in [0.5, 0.6) is 5.75 Å². The van der Waals surface area contributed by atoms with Gasteiger partial charge in [-0.15, -0.1) is 0 Å². The first kappa shape index (κ1) is 21.1. The van der Waals surface area contributed by atoms with E-state index in [4.69, 9.17) is 4.74 Å². The Hall–Kier alpha value is -0.640. The molecule has 0 unspecified atom stereocenters. The third kappa shape index (κ3) is 4.36. The molecule has 1 atom stereocenters. The molecule has 0 aromatic heterocycles. The summed E-state index contributed by atoms with van der Waals surface area (Å²) in [5, 5.41) is 3.08. The maximum atomic E-state index is 13.0. The maximum absolute atomic E-state index is 13.0. The molecule has 27 heavy (non-hydrogen) atoms. The Labute approximate surface area is 177 Å². The second kappa shape index (κ2) is 8.00. The number of ether oxygens (including phenoxy) is 1. The number of carbonyl (C=O) groups is 1. The number of carbonyl (C=O) groups excluding carboxylic acids is 1. The molecule has 0 radical (unpaired) electrons. The van der Waals surface area contributed by atoms with Crippen LogP contribution in [0.1, 0.15) is 45.4 Å². The van der Waals surface area contributed by atoms with Crippen LogP contribution in [0, 0.1) is 5.92 Å². The topological polar surface area (TPSA) is 84.5 Å². The number of nitrogens with one attached hydrogen (secondary N) is 2. The molecule has 2 bridgehead atoms. The van der Waals surface area contributed by atoms with E-state index in [1.807, 2.05) is 6.92 Å². The van der Waals surface area contributed by atoms with Crippen LogP contribution in [0.2, 0.25) is 0 Å². The average molecular weight is 524 g/mol. The standard InChI is InChI=1S/C18H24Br2N2O4S/c1-3-4-5-14(17(23)21-18-8-11(9-18)10-18)22-27(24,25)16-7-15(26-2)12(19)6-13(16)20/h6-7,11,14,22H,3-5,8-10H2,1-2H3,(H,21,23)/t11?,14-,18?/m1/s1. The summed E-state index contributed by atoms with van der Waals surface area (Å²) < 4.78 is 34.8. The number of methoxy groups -OCH3 is 1. The van der Waals surface area contributed by atoms with E-state index in [9.17, 15) is 13.2 Å². The Morgan fingerprint density at radius 2 is 1.96 bits per heavy atom. The lowest BCUT2D eigenvalue weighted by Gasteiger charge is -2.62. The average Bonchev–Trinajstić information content (AvgIpc) is 2.53. The zero-order valence-corrected chi connectivity index (χ0v) is 19.3. The van der Waals surface area contributed by atoms with Crippen molar-refractivity contribution in [2.24, 2.45) is 5.92 Å². The van der Waals surface area contributed by atoms with Crippen LogP contribution in [0.25, 0.3) is 0 Å². The van der Waals surface area contributed by atoms with Gasteiger partial charge in [0.25, 0.3) is 0 Å². The van der Waals surface area contributed by atoms with Gasteiger partial charge in [0.15, 0.2) is 0 Å². The number of rotatable bonds is 9. The summed E-state index contributed by atoms with van der Waals surface area (Å²) in [6.45, 7) is 2.01. The zero-order chi connectivity index (χ0) is 19.8. The molecule has 3 aliphatic rings. The van der Waals surface area contributed by atoms with Gasteiger partial charge in [-0.2, -0.15) is 4.72 Å². The highest BCUT2D eigenvalue weighted by molar-refractivity contribution is 9.11. The largest absolute Gasteiger partial charge is 0.496 e. The molecule has 6 nitrogen and oxygen atoms in total. The van der Waals surface area contributed by atoms with Gasteiger partial charge in [0, 0.05) is 16.1 Å². The number of benzene rings is 1. The molecule has 4 rings (SSSR count). The van der Waals surface area contributed by atoms with E-state index in [1.165, 1.54) is 13.2 Å². The first-order chi connectivity index (χ1) is 12.7. The SMILES string of the molecule is CCCC[C@@H](NS(=O)(=O)c1cc(OC)c(Br)cc1Br)C(=O)NC12CC(C1)C2. The molecule has 1 aromatic rings. The third-order valence-corrected chi connectivity index (χ3v) is 8.43. The zero-order valence-electron chi connectivity index (χ0n) is 15.3. The molecule has 1 amide bonds. The number of halogens is 2. The van der Waals surface area contributed by atoms with E-state index in [1.54, 1.807) is 6.07 Å². The molecule has 0 aliphatic heterocycles. The van der Waals surface area contributed by atoms with E-state index in [-0.39, 0.29) is 16.3 Å². The minimum Gasteiger partial charge on any atom is -0.496 e. The predicted octanol–water partition coefficient (Wildman–Crippen LogP) is 3.73. The van der Waals surface area contributed by atoms with Crippen molar-refractivity contribution in [1.29, 1.82) is 0 Å². The quantitative estimate of drug-likeness (QED) is 0.516. The second-order valence-corrected chi connectivity index (χ2v) is 10.9. The summed E-state index contributed by atoms with van der Waals surface area (Å²) in [7, 11) is -2.43. The van der Waals surface area contributed by atoms with Crippen molar-refractivity contribution < 1.29 is 17.9 Å². The maximum Gasteiger partial charge on any atom is 0.242 e. The van der Waals surface area contributed by atoms with Gasteiger partial charge in [-0.05, 0) is 69.5 Å². The van der Waals surface area contributed by atoms with Crippen LogP contribution < -0.4 is 14.8 Å². The van der Waals surface area contributed by atoms with Gasteiger partial charge in [-0.25, -0.2) is 8.42 Å². The summed E-state index contributed by atoms with van der Waals surface area (Å²) in [4.78, 5) is 12.8. The minimum atomic E-state index is -3.90. The monoisotopic (exact) mass is 522 g/mol. The van der Waals surface area contributed by atoms with Crippen molar-refractivity contribution in [1.82, 2.24) is 10.0 Å². The summed E-state index contributed by atoms with van der Waals surface area (Å²) >= 11 is 6.63. The molecule has 0 spiro atoms. The van der Waals surface area contributed by atoms with Gasteiger partial charge < -0.3 is 10.1 Å². The van der Waals surface area contributed by atoms with Crippen LogP contribution in [0.15, 0.2) is 26.0 Å². The number of amides is 1. The van der Waals surface area contributed by atoms with Crippen molar-refractivity contribution in [3.05, 3.63) is 21.1 Å². The van der Waals surface area contributed by atoms with Crippen LogP contribution in [0.3, 0.4) is 0 Å². The predicted molar refractivity (Wildman–Crippen MR) is 110 cm³/mol. The van der Waals surface area contributed by atoms with Gasteiger partial charge in [-0.3, -0.25) is 4.79 Å². The van der Waals surface area contributed by atoms with Crippen molar-refractivity contribution in [2.45, 2.75) is 61.9 Å². The van der Waals surface area contributed by atoms with Crippen LogP contribution >= 0.6 is 31.9 Å². The van der Waals surface area contributed by atoms with Gasteiger partial charge >= 0.3 is 0 Å². The highest BCUT2D eigenvalue weighted by Crippen LogP contribution is 2.56. The van der Waals surface area contributed by atoms with E-state index < -0.39 is 16.1 Å². The molecular weight excluding hydrogens is 500 g/mol. The fraction of sp³-hybridized carbons (Fsp3) is 0.611. The van der Waals surface area contributed by atoms with E-state index >= 15 is 0 Å². The highest BCUT2D eigenvalue weighted by atomic mass is 79.9. The van der Waals surface area contributed by atoms with Crippen LogP contribution in [-0.2, 0) is 14.8 Å². The molecule has 3 saturated carbocycles. The Balaban J connectivity index is 1.79. The molecule has 3 aliphatic carbocycles. The molecular formula is C18H24Br2N2O4S. The molecule has 0 saturated heterocycles. The fourth-order valence-electron chi connectivity index (χ4n) is 3.76. The lowest BCUT2D eigenvalue weighted by atomic mass is 9.50. The minimum absolute atomic E-state index is 0.0439. The van der Waals surface area contributed by atoms with E-state index in [2.05, 4.69) is 41.9 Å². The van der Waals surface area contributed by atoms with Gasteiger partial charge in [0.1, 0.15) is 11.8 Å². The van der Waals surface area contributed by atoms with Crippen molar-refractivity contribution in [3.8, 4) is 5.75 Å². The molecule has 0 heterocycles. The smallest absolute Gasteiger partial charge is 0.242 e. The highest BCUT2D eigenvalue weighted by Gasteiger charge is 2.57. The van der Waals surface area contributed by atoms with Crippen molar-refractivity contribution in [3.63, 3.8) is 0 Å². The number of sulfonamides is 1. The molecule has 150 valence electrons. The Bertz CT molecular complexity index is 827. The number of hydrogen-bond acceptors (Lipinski definition) is 4. The normalized spacial score (nSPS) is 24.5. The van der Waals surface area contributed by atoms with Crippen molar-refractivity contribution in [2.75, 3.05) is 7.11 Å². The Morgan fingerprint density at radius 1 is 1.30 bits per heavy atom. The van der Waals surface area contributed by atoms with Gasteiger partial charge in [0.05, 0.1) is 16.5 Å². The van der Waals surface area contributed by atoms with E-state index in [0.29, 0.717) is 21.1 Å². The van der Waals surface area contributed by atoms with Gasteiger partial charge in [0.2, 0.25) is 15.9 Å².